The summed E-state index contributed by atoms with van der Waals surface area (Å²) in [6.45, 7) is 4.53. The van der Waals surface area contributed by atoms with E-state index in [-0.39, 0.29) is 5.56 Å². The summed E-state index contributed by atoms with van der Waals surface area (Å²) in [6.07, 6.45) is 2.95. The zero-order valence-electron chi connectivity index (χ0n) is 16.1. The van der Waals surface area contributed by atoms with Crippen LogP contribution in [0.2, 0.25) is 0 Å². The van der Waals surface area contributed by atoms with E-state index in [1.165, 1.54) is 18.5 Å². The molecule has 2 aromatic carbocycles. The molecule has 0 aliphatic carbocycles. The molecule has 1 saturated heterocycles. The maximum atomic E-state index is 12.3. The lowest BCUT2D eigenvalue weighted by Crippen LogP contribution is -2.32. The third kappa shape index (κ3) is 4.39. The first kappa shape index (κ1) is 18.2. The lowest BCUT2D eigenvalue weighted by atomic mass is 9.99. The van der Waals surface area contributed by atoms with Crippen molar-refractivity contribution in [3.05, 3.63) is 76.2 Å². The summed E-state index contributed by atoms with van der Waals surface area (Å²) in [4.78, 5) is 17.5. The number of hydrogen-bond acceptors (Lipinski definition) is 5. The van der Waals surface area contributed by atoms with Gasteiger partial charge in [0.2, 0.25) is 5.95 Å². The zero-order chi connectivity index (χ0) is 19.3. The first-order valence-electron chi connectivity index (χ1n) is 9.79. The molecular weight excluding hydrogens is 350 g/mol. The van der Waals surface area contributed by atoms with Crippen LogP contribution in [-0.2, 0) is 6.42 Å². The predicted molar refractivity (Wildman–Crippen MR) is 112 cm³/mol. The Balaban J connectivity index is 1.41. The van der Waals surface area contributed by atoms with E-state index in [0.29, 0.717) is 18.1 Å². The Morgan fingerprint density at radius 2 is 1.75 bits per heavy atom. The summed E-state index contributed by atoms with van der Waals surface area (Å²) in [5, 5.41) is 11.4. The number of nitrogens with zero attached hydrogens (tertiary/aromatic N) is 3. The number of H-pyrrole nitrogens is 1. The molecule has 0 saturated carbocycles. The van der Waals surface area contributed by atoms with Gasteiger partial charge in [-0.05, 0) is 48.6 Å². The van der Waals surface area contributed by atoms with E-state index in [1.54, 1.807) is 0 Å². The zero-order valence-corrected chi connectivity index (χ0v) is 16.1. The number of anilines is 3. The van der Waals surface area contributed by atoms with Gasteiger partial charge in [0, 0.05) is 30.9 Å². The fourth-order valence-corrected chi connectivity index (χ4v) is 3.48. The average molecular weight is 375 g/mol. The maximum absolute atomic E-state index is 12.3. The monoisotopic (exact) mass is 375 g/mol. The van der Waals surface area contributed by atoms with E-state index in [1.807, 2.05) is 42.5 Å². The van der Waals surface area contributed by atoms with E-state index >= 15 is 0 Å². The minimum atomic E-state index is -0.222. The van der Waals surface area contributed by atoms with Crippen LogP contribution in [0.3, 0.4) is 0 Å². The number of aromatic nitrogens is 3. The Morgan fingerprint density at radius 3 is 2.43 bits per heavy atom. The Bertz CT molecular complexity index is 960. The van der Waals surface area contributed by atoms with E-state index < -0.39 is 0 Å². The Kier molecular flexibility index (Phi) is 5.37. The average Bonchev–Trinajstić information content (AvgIpc) is 2.72. The van der Waals surface area contributed by atoms with E-state index in [9.17, 15) is 4.79 Å². The van der Waals surface area contributed by atoms with Gasteiger partial charge >= 0.3 is 0 Å². The molecule has 0 bridgehead atoms. The van der Waals surface area contributed by atoms with Crippen LogP contribution in [0.1, 0.15) is 31.0 Å². The molecule has 1 aliphatic heterocycles. The second-order valence-electron chi connectivity index (χ2n) is 7.45. The highest BCUT2D eigenvalue weighted by molar-refractivity contribution is 5.59. The highest BCUT2D eigenvalue weighted by Crippen LogP contribution is 2.24. The number of nitrogens with one attached hydrogen (secondary N) is 2. The van der Waals surface area contributed by atoms with Crippen molar-refractivity contribution in [1.29, 1.82) is 0 Å². The minimum absolute atomic E-state index is 0.222. The molecule has 2 heterocycles. The number of hydrogen-bond donors (Lipinski definition) is 2. The molecule has 2 N–H and O–H groups in total. The molecule has 6 nitrogen and oxygen atoms in total. The summed E-state index contributed by atoms with van der Waals surface area (Å²) < 4.78 is 0. The molecule has 28 heavy (non-hydrogen) atoms. The Morgan fingerprint density at radius 1 is 1.04 bits per heavy atom. The summed E-state index contributed by atoms with van der Waals surface area (Å²) >= 11 is 0. The van der Waals surface area contributed by atoms with Gasteiger partial charge in [0.25, 0.3) is 5.56 Å². The third-order valence-electron chi connectivity index (χ3n) is 5.26. The van der Waals surface area contributed by atoms with Crippen LogP contribution in [0.4, 0.5) is 17.3 Å². The van der Waals surface area contributed by atoms with Crippen LogP contribution in [0.25, 0.3) is 0 Å². The van der Waals surface area contributed by atoms with Gasteiger partial charge in [-0.25, -0.2) is 0 Å². The quantitative estimate of drug-likeness (QED) is 0.711. The molecule has 3 aromatic rings. The van der Waals surface area contributed by atoms with Crippen molar-refractivity contribution in [2.24, 2.45) is 5.92 Å². The molecule has 1 aliphatic rings. The van der Waals surface area contributed by atoms with Crippen molar-refractivity contribution in [2.75, 3.05) is 23.3 Å². The number of piperidine rings is 1. The van der Waals surface area contributed by atoms with Crippen molar-refractivity contribution < 1.29 is 0 Å². The van der Waals surface area contributed by atoms with Gasteiger partial charge in [-0.1, -0.05) is 37.3 Å². The summed E-state index contributed by atoms with van der Waals surface area (Å²) in [5.41, 5.74) is 3.32. The largest absolute Gasteiger partial charge is 0.372 e. The first-order valence-corrected chi connectivity index (χ1v) is 9.79. The normalized spacial score (nSPS) is 14.8. The van der Waals surface area contributed by atoms with E-state index in [2.05, 4.69) is 44.5 Å². The van der Waals surface area contributed by atoms with Crippen LogP contribution in [0.5, 0.6) is 0 Å². The molecule has 0 spiro atoms. The first-order chi connectivity index (χ1) is 13.7. The van der Waals surface area contributed by atoms with Crippen LogP contribution >= 0.6 is 0 Å². The fraction of sp³-hybridized carbons (Fsp3) is 0.318. The molecule has 0 radical (unpaired) electrons. The van der Waals surface area contributed by atoms with Crippen LogP contribution in [0.15, 0.2) is 59.4 Å². The predicted octanol–water partition coefficient (Wildman–Crippen LogP) is 3.74. The van der Waals surface area contributed by atoms with Crippen molar-refractivity contribution in [1.82, 2.24) is 15.2 Å². The smallest absolute Gasteiger partial charge is 0.274 e. The SMILES string of the molecule is CC1CCN(c2ccc(Nc3nnc(Cc4ccccc4)c(=O)[nH]3)cc2)CC1. The van der Waals surface area contributed by atoms with Gasteiger partial charge in [-0.15, -0.1) is 10.2 Å². The van der Waals surface area contributed by atoms with Gasteiger partial charge in [0.05, 0.1) is 0 Å². The van der Waals surface area contributed by atoms with E-state index in [4.69, 9.17) is 0 Å². The second-order valence-corrected chi connectivity index (χ2v) is 7.45. The second kappa shape index (κ2) is 8.25. The lowest BCUT2D eigenvalue weighted by molar-refractivity contribution is 0.438. The van der Waals surface area contributed by atoms with E-state index in [0.717, 1.165) is 30.3 Å². The van der Waals surface area contributed by atoms with Crippen molar-refractivity contribution in [3.8, 4) is 0 Å². The molecule has 0 unspecified atom stereocenters. The Labute approximate surface area is 164 Å². The molecule has 0 amide bonds. The van der Waals surface area contributed by atoms with Crippen LogP contribution in [0, 0.1) is 5.92 Å². The highest BCUT2D eigenvalue weighted by Gasteiger charge is 2.15. The minimum Gasteiger partial charge on any atom is -0.372 e. The topological polar surface area (TPSA) is 73.9 Å². The maximum Gasteiger partial charge on any atom is 0.274 e. The standard InChI is InChI=1S/C22H25N5O/c1-16-11-13-27(14-12-16)19-9-7-18(8-10-19)23-22-24-21(28)20(25-26-22)15-17-5-3-2-4-6-17/h2-10,16H,11-15H2,1H3,(H2,23,24,26,28). The molecule has 144 valence electrons. The van der Waals surface area contributed by atoms with Crippen molar-refractivity contribution in [2.45, 2.75) is 26.2 Å². The number of benzene rings is 2. The van der Waals surface area contributed by atoms with Crippen LogP contribution in [-0.4, -0.2) is 28.3 Å². The molecular formula is C22H25N5O. The lowest BCUT2D eigenvalue weighted by Gasteiger charge is -2.32. The molecule has 0 atom stereocenters. The van der Waals surface area contributed by atoms with Crippen LogP contribution < -0.4 is 15.8 Å². The van der Waals surface area contributed by atoms with Gasteiger partial charge in [0.1, 0.15) is 5.69 Å². The summed E-state index contributed by atoms with van der Waals surface area (Å²) in [7, 11) is 0. The van der Waals surface area contributed by atoms with Gasteiger partial charge in [0.15, 0.2) is 0 Å². The highest BCUT2D eigenvalue weighted by atomic mass is 16.1. The van der Waals surface area contributed by atoms with Gasteiger partial charge in [-0.2, -0.15) is 0 Å². The van der Waals surface area contributed by atoms with Gasteiger partial charge in [-0.3, -0.25) is 9.78 Å². The molecule has 1 fully saturated rings. The number of rotatable bonds is 5. The van der Waals surface area contributed by atoms with Crippen molar-refractivity contribution in [3.63, 3.8) is 0 Å². The molecule has 6 heteroatoms. The summed E-state index contributed by atoms with van der Waals surface area (Å²) in [6, 6.07) is 18.0. The third-order valence-corrected chi connectivity index (χ3v) is 5.26. The fourth-order valence-electron chi connectivity index (χ4n) is 3.48. The van der Waals surface area contributed by atoms with Gasteiger partial charge < -0.3 is 10.2 Å². The van der Waals surface area contributed by atoms with Crippen molar-refractivity contribution >= 4 is 17.3 Å². The Hall–Kier alpha value is -3.15. The number of aromatic amines is 1. The molecule has 4 rings (SSSR count). The molecule has 1 aromatic heterocycles. The summed E-state index contributed by atoms with van der Waals surface area (Å²) in [5.74, 6) is 1.17.